The van der Waals surface area contributed by atoms with Gasteiger partial charge in [-0.2, -0.15) is 12.6 Å². The number of nitrogens with two attached hydrogens (primary N) is 1. The molecule has 1 aromatic carbocycles. The zero-order valence-corrected chi connectivity index (χ0v) is 28.0. The van der Waals surface area contributed by atoms with Gasteiger partial charge in [0.25, 0.3) is 0 Å². The highest BCUT2D eigenvalue weighted by atomic mass is 32.1. The third-order valence-corrected chi connectivity index (χ3v) is 7.83. The predicted molar refractivity (Wildman–Crippen MR) is 178 cm³/mol. The zero-order valence-electron chi connectivity index (χ0n) is 27.1. The fourth-order valence-corrected chi connectivity index (χ4v) is 5.30. The summed E-state index contributed by atoms with van der Waals surface area (Å²) >= 11 is 3.92. The minimum atomic E-state index is -1.58. The van der Waals surface area contributed by atoms with Gasteiger partial charge in [-0.05, 0) is 24.3 Å². The van der Waals surface area contributed by atoms with Crippen molar-refractivity contribution >= 4 is 60.0 Å². The molecule has 1 aliphatic rings. The topological polar surface area (TPSA) is 265 Å². The summed E-state index contributed by atoms with van der Waals surface area (Å²) in [5.74, 6) is -7.05. The number of carboxylic acid groups (broad SMARTS) is 1. The molecule has 1 fully saturated rings. The van der Waals surface area contributed by atoms with Gasteiger partial charge in [0, 0.05) is 25.8 Å². The summed E-state index contributed by atoms with van der Waals surface area (Å²) in [6.45, 7) is 3.00. The van der Waals surface area contributed by atoms with E-state index in [1.165, 1.54) is 11.9 Å². The van der Waals surface area contributed by atoms with E-state index >= 15 is 0 Å². The molecule has 2 rings (SSSR count). The van der Waals surface area contributed by atoms with Crippen molar-refractivity contribution in [3.05, 3.63) is 35.9 Å². The van der Waals surface area contributed by atoms with Gasteiger partial charge in [-0.15, -0.1) is 0 Å². The second kappa shape index (κ2) is 19.1. The molecule has 1 heterocycles. The molecule has 0 saturated carbocycles. The molecule has 0 aromatic heterocycles. The van der Waals surface area contributed by atoms with Crippen LogP contribution in [0.2, 0.25) is 0 Å². The molecule has 5 atom stereocenters. The molecule has 0 unspecified atom stereocenters. The molecule has 10 N–H and O–H groups in total. The first-order chi connectivity index (χ1) is 22.6. The first-order valence-corrected chi connectivity index (χ1v) is 16.0. The molecule has 48 heavy (non-hydrogen) atoms. The zero-order chi connectivity index (χ0) is 36.0. The molecule has 0 spiro atoms. The Hall–Kier alpha value is -4.87. The third-order valence-electron chi connectivity index (χ3n) is 7.46. The Morgan fingerprint density at radius 3 is 2.25 bits per heavy atom. The van der Waals surface area contributed by atoms with E-state index in [1.807, 2.05) is 0 Å². The van der Waals surface area contributed by atoms with E-state index in [9.17, 15) is 38.7 Å². The van der Waals surface area contributed by atoms with Gasteiger partial charge in [0.05, 0.1) is 13.0 Å². The van der Waals surface area contributed by atoms with E-state index in [-0.39, 0.29) is 31.1 Å². The van der Waals surface area contributed by atoms with E-state index < -0.39 is 90.5 Å². The van der Waals surface area contributed by atoms with Crippen LogP contribution in [0.3, 0.4) is 0 Å². The quantitative estimate of drug-likeness (QED) is 0.0475. The Morgan fingerprint density at radius 2 is 1.67 bits per heavy atom. The van der Waals surface area contributed by atoms with Crippen LogP contribution in [0.1, 0.15) is 38.7 Å². The summed E-state index contributed by atoms with van der Waals surface area (Å²) < 4.78 is 0. The average molecular weight is 692 g/mol. The molecule has 0 bridgehead atoms. The number of nitrogens with one attached hydrogen (secondary N) is 7. The van der Waals surface area contributed by atoms with Crippen molar-refractivity contribution in [1.82, 2.24) is 36.8 Å². The lowest BCUT2D eigenvalue weighted by Gasteiger charge is -2.34. The standard InChI is InChI=1S/C30H45N9O8S/c1-16(2)24-27(44)37-18(10-7-11-33-30(31)32)25(42)34-14-23(41)35-19(13-22(40)36-21(15-48)29(46)47)26(43)38-20(28(45)39(24)3)12-17-8-5-4-6-9-17/h4-6,8-9,16,18-21,24,48H,7,10-15H2,1-3H3,(H,34,42)(H,35,41)(H,36,40)(H,37,44)(H,38,43)(H,46,47)(H4,31,32,33)/t18-,19-,20+,21+,24-/m0/s1. The Labute approximate surface area is 283 Å². The van der Waals surface area contributed by atoms with Gasteiger partial charge < -0.3 is 47.6 Å². The number of thiol groups is 1. The molecule has 18 heteroatoms. The number of aliphatic carboxylic acids is 1. The van der Waals surface area contributed by atoms with Crippen LogP contribution in [0.5, 0.6) is 0 Å². The SMILES string of the molecule is CC(C)[C@H]1C(=O)N[C@@H](CCCNC(=N)N)C(=O)NCC(=O)N[C@@H](CC(=O)N[C@H](CS)C(=O)O)C(=O)N[C@H](Cc2ccccc2)C(=O)N1C. The van der Waals surface area contributed by atoms with Gasteiger partial charge in [-0.1, -0.05) is 44.2 Å². The van der Waals surface area contributed by atoms with Crippen LogP contribution >= 0.6 is 12.6 Å². The number of guanidine groups is 1. The van der Waals surface area contributed by atoms with Crippen LogP contribution in [0.4, 0.5) is 0 Å². The van der Waals surface area contributed by atoms with Crippen LogP contribution in [-0.4, -0.2) is 113 Å². The number of carbonyl (C=O) groups excluding carboxylic acids is 6. The molecule has 1 saturated heterocycles. The van der Waals surface area contributed by atoms with Crippen molar-refractivity contribution < 1.29 is 38.7 Å². The summed E-state index contributed by atoms with van der Waals surface area (Å²) in [7, 11) is 1.40. The summed E-state index contributed by atoms with van der Waals surface area (Å²) in [6.07, 6.45) is -0.339. The summed E-state index contributed by atoms with van der Waals surface area (Å²) in [6, 6.07) is 2.28. The third kappa shape index (κ3) is 12.4. The van der Waals surface area contributed by atoms with Crippen molar-refractivity contribution in [3.63, 3.8) is 0 Å². The summed E-state index contributed by atoms with van der Waals surface area (Å²) in [5.41, 5.74) is 5.99. The van der Waals surface area contributed by atoms with Crippen molar-refractivity contribution in [3.8, 4) is 0 Å². The molecule has 6 amide bonds. The maximum absolute atomic E-state index is 14.0. The molecule has 1 aromatic rings. The van der Waals surface area contributed by atoms with Gasteiger partial charge in [0.1, 0.15) is 30.2 Å². The molecule has 17 nitrogen and oxygen atoms in total. The van der Waals surface area contributed by atoms with Crippen molar-refractivity contribution in [2.45, 2.75) is 69.7 Å². The fraction of sp³-hybridized carbons (Fsp3) is 0.533. The first kappa shape index (κ1) is 39.3. The number of benzene rings is 1. The molecule has 264 valence electrons. The van der Waals surface area contributed by atoms with Crippen LogP contribution in [0.15, 0.2) is 30.3 Å². The lowest BCUT2D eigenvalue weighted by Crippen LogP contribution is -2.60. The van der Waals surface area contributed by atoms with Crippen molar-refractivity contribution in [2.75, 3.05) is 25.9 Å². The Morgan fingerprint density at radius 1 is 1.02 bits per heavy atom. The largest absolute Gasteiger partial charge is 0.480 e. The monoisotopic (exact) mass is 691 g/mol. The number of carbonyl (C=O) groups is 7. The predicted octanol–water partition coefficient (Wildman–Crippen LogP) is -2.55. The van der Waals surface area contributed by atoms with E-state index in [0.29, 0.717) is 12.0 Å². The highest BCUT2D eigenvalue weighted by Crippen LogP contribution is 2.15. The second-order valence-corrected chi connectivity index (χ2v) is 12.0. The highest BCUT2D eigenvalue weighted by molar-refractivity contribution is 7.80. The number of rotatable bonds is 12. The van der Waals surface area contributed by atoms with Gasteiger partial charge >= 0.3 is 5.97 Å². The Kier molecular flexibility index (Phi) is 15.6. The number of nitrogens with zero attached hydrogens (tertiary/aromatic N) is 1. The van der Waals surface area contributed by atoms with E-state index in [2.05, 4.69) is 44.5 Å². The van der Waals surface area contributed by atoms with Crippen molar-refractivity contribution in [1.29, 1.82) is 5.41 Å². The minimum absolute atomic E-state index is 0.0123. The summed E-state index contributed by atoms with van der Waals surface area (Å²) in [4.78, 5) is 93.0. The normalized spacial score (nSPS) is 21.9. The molecule has 0 radical (unpaired) electrons. The average Bonchev–Trinajstić information content (AvgIpc) is 3.02. The fourth-order valence-electron chi connectivity index (χ4n) is 5.06. The lowest BCUT2D eigenvalue weighted by molar-refractivity contribution is -0.144. The van der Waals surface area contributed by atoms with Gasteiger partial charge in [0.15, 0.2) is 5.96 Å². The Balaban J connectivity index is 2.52. The van der Waals surface area contributed by atoms with Crippen LogP contribution in [-0.2, 0) is 40.0 Å². The van der Waals surface area contributed by atoms with Crippen LogP contribution in [0, 0.1) is 11.3 Å². The second-order valence-electron chi connectivity index (χ2n) is 11.6. The number of likely N-dealkylation sites (N-methyl/N-ethyl adjacent to an activating group) is 1. The van der Waals surface area contributed by atoms with Gasteiger partial charge in [-0.25, -0.2) is 4.79 Å². The molecule has 1 aliphatic heterocycles. The molecule has 0 aliphatic carbocycles. The number of hydrogen-bond acceptors (Lipinski definition) is 9. The van der Waals surface area contributed by atoms with Crippen LogP contribution < -0.4 is 37.6 Å². The summed E-state index contributed by atoms with van der Waals surface area (Å²) in [5, 5.41) is 31.6. The first-order valence-electron chi connectivity index (χ1n) is 15.3. The number of carboxylic acids is 1. The maximum atomic E-state index is 14.0. The van der Waals surface area contributed by atoms with Crippen molar-refractivity contribution in [2.24, 2.45) is 11.7 Å². The minimum Gasteiger partial charge on any atom is -0.480 e. The Bertz CT molecular complexity index is 1350. The number of hydrogen-bond donors (Lipinski definition) is 10. The van der Waals surface area contributed by atoms with E-state index in [4.69, 9.17) is 11.1 Å². The molecular formula is C30H45N9O8S. The van der Waals surface area contributed by atoms with Crippen LogP contribution in [0.25, 0.3) is 0 Å². The van der Waals surface area contributed by atoms with E-state index in [1.54, 1.807) is 44.2 Å². The van der Waals surface area contributed by atoms with Gasteiger partial charge in [0.2, 0.25) is 35.4 Å². The smallest absolute Gasteiger partial charge is 0.327 e. The lowest BCUT2D eigenvalue weighted by atomic mass is 9.98. The molecular weight excluding hydrogens is 646 g/mol. The maximum Gasteiger partial charge on any atom is 0.327 e. The van der Waals surface area contributed by atoms with Gasteiger partial charge in [-0.3, -0.25) is 34.2 Å². The highest BCUT2D eigenvalue weighted by Gasteiger charge is 2.37. The van der Waals surface area contributed by atoms with E-state index in [0.717, 1.165) is 0 Å². The number of amides is 6.